The molecule has 250 valence electrons. The first kappa shape index (κ1) is 38.5. The van der Waals surface area contributed by atoms with E-state index in [2.05, 4.69) is 116 Å². The predicted molar refractivity (Wildman–Crippen MR) is 192 cm³/mol. The molecular weight excluding hydrogens is 536 g/mol. The minimum Gasteiger partial charge on any atom is -0.224 e. The Bertz CT molecular complexity index is 860. The molecule has 2 unspecified atom stereocenters. The highest BCUT2D eigenvalue weighted by Gasteiger charge is 2.55. The zero-order valence-corrected chi connectivity index (χ0v) is 30.3. The maximum Gasteiger partial charge on any atom is 0.131 e. The molecule has 0 spiro atoms. The van der Waals surface area contributed by atoms with E-state index < -0.39 is 11.2 Å². The van der Waals surface area contributed by atoms with Gasteiger partial charge in [-0.25, -0.2) is 9.78 Å². The van der Waals surface area contributed by atoms with E-state index in [-0.39, 0.29) is 10.8 Å². The van der Waals surface area contributed by atoms with Gasteiger partial charge in [-0.1, -0.05) is 179 Å². The molecule has 44 heavy (non-hydrogen) atoms. The zero-order valence-electron chi connectivity index (χ0n) is 30.3. The fourth-order valence-electron chi connectivity index (χ4n) is 7.84. The van der Waals surface area contributed by atoms with Crippen molar-refractivity contribution in [2.24, 2.45) is 10.8 Å². The topological polar surface area (TPSA) is 18.5 Å². The van der Waals surface area contributed by atoms with Crippen molar-refractivity contribution in [3.05, 3.63) is 71.8 Å². The van der Waals surface area contributed by atoms with Crippen LogP contribution in [0, 0.1) is 10.8 Å². The van der Waals surface area contributed by atoms with Gasteiger partial charge in [-0.05, 0) is 63.5 Å². The van der Waals surface area contributed by atoms with Crippen LogP contribution >= 0.6 is 0 Å². The summed E-state index contributed by atoms with van der Waals surface area (Å²) in [5, 5.41) is 0. The van der Waals surface area contributed by atoms with Gasteiger partial charge in [-0.3, -0.25) is 0 Å². The second-order valence-electron chi connectivity index (χ2n) is 14.1. The molecule has 0 saturated carbocycles. The first-order valence-corrected chi connectivity index (χ1v) is 18.8. The third-order valence-corrected chi connectivity index (χ3v) is 11.1. The van der Waals surface area contributed by atoms with Gasteiger partial charge in [0, 0.05) is 10.8 Å². The molecule has 0 saturated heterocycles. The van der Waals surface area contributed by atoms with Crippen LogP contribution in [0.15, 0.2) is 60.7 Å². The predicted octanol–water partition coefficient (Wildman–Crippen LogP) is 13.9. The molecule has 0 radical (unpaired) electrons. The highest BCUT2D eigenvalue weighted by Crippen LogP contribution is 2.57. The van der Waals surface area contributed by atoms with Crippen LogP contribution in [0.1, 0.15) is 182 Å². The highest BCUT2D eigenvalue weighted by molar-refractivity contribution is 5.27. The summed E-state index contributed by atoms with van der Waals surface area (Å²) in [6.45, 7) is 18.7. The van der Waals surface area contributed by atoms with Crippen molar-refractivity contribution in [2.45, 2.75) is 182 Å². The highest BCUT2D eigenvalue weighted by atomic mass is 17.2. The average molecular weight is 607 g/mol. The van der Waals surface area contributed by atoms with E-state index in [1.165, 1.54) is 88.2 Å². The smallest absolute Gasteiger partial charge is 0.131 e. The number of unbranched alkanes of at least 4 members (excludes halogenated alkanes) is 6. The number of rotatable bonds is 25. The minimum absolute atomic E-state index is 0.00705. The minimum atomic E-state index is -0.574. The number of hydrogen-bond acceptors (Lipinski definition) is 2. The van der Waals surface area contributed by atoms with Crippen molar-refractivity contribution >= 4 is 0 Å². The molecule has 2 atom stereocenters. The normalized spacial score (nSPS) is 15.2. The fraction of sp³-hybridized carbons (Fsp3) is 0.714. The van der Waals surface area contributed by atoms with Crippen LogP contribution in [-0.4, -0.2) is 0 Å². The molecule has 2 aromatic carbocycles. The van der Waals surface area contributed by atoms with Gasteiger partial charge in [-0.2, -0.15) is 0 Å². The molecule has 0 amide bonds. The second kappa shape index (κ2) is 19.8. The molecule has 0 heterocycles. The van der Waals surface area contributed by atoms with Gasteiger partial charge in [0.15, 0.2) is 0 Å². The number of benzene rings is 2. The standard InChI is InChI=1S/C42H70O2/c1-9-15-31-41(32-16-10-2,33-17-11-3)39(7,37-27-23-21-24-28-37)43-44-40(8,38-29-25-22-26-30-38)42(34-18-12-4,35-19-13-5)36-20-14-6/h21-30H,9-20,31-36H2,1-8H3. The molecule has 0 aliphatic heterocycles. The van der Waals surface area contributed by atoms with E-state index in [0.29, 0.717) is 0 Å². The van der Waals surface area contributed by atoms with Crippen LogP contribution < -0.4 is 0 Å². The van der Waals surface area contributed by atoms with E-state index in [1.807, 2.05) is 0 Å². The zero-order chi connectivity index (χ0) is 32.4. The molecule has 0 N–H and O–H groups in total. The number of hydrogen-bond donors (Lipinski definition) is 0. The van der Waals surface area contributed by atoms with Gasteiger partial charge in [0.1, 0.15) is 11.2 Å². The summed E-state index contributed by atoms with van der Waals surface area (Å²) in [5.41, 5.74) is 1.34. The summed E-state index contributed by atoms with van der Waals surface area (Å²) in [5.74, 6) is 0. The largest absolute Gasteiger partial charge is 0.224 e. The lowest BCUT2D eigenvalue weighted by atomic mass is 9.61. The van der Waals surface area contributed by atoms with Crippen molar-refractivity contribution in [1.29, 1.82) is 0 Å². The van der Waals surface area contributed by atoms with E-state index in [9.17, 15) is 0 Å². The third-order valence-electron chi connectivity index (χ3n) is 11.1. The summed E-state index contributed by atoms with van der Waals surface area (Å²) in [4.78, 5) is 14.7. The van der Waals surface area contributed by atoms with Crippen molar-refractivity contribution in [3.63, 3.8) is 0 Å². The van der Waals surface area contributed by atoms with Gasteiger partial charge in [0.05, 0.1) is 0 Å². The molecule has 2 aromatic rings. The van der Waals surface area contributed by atoms with Crippen molar-refractivity contribution in [2.75, 3.05) is 0 Å². The maximum atomic E-state index is 7.34. The fourth-order valence-corrected chi connectivity index (χ4v) is 7.84. The molecule has 2 heteroatoms. The average Bonchev–Trinajstić information content (AvgIpc) is 3.07. The van der Waals surface area contributed by atoms with E-state index in [0.717, 1.165) is 38.5 Å². The van der Waals surface area contributed by atoms with E-state index in [1.54, 1.807) is 0 Å². The first-order valence-electron chi connectivity index (χ1n) is 18.8. The molecule has 2 rings (SSSR count). The monoisotopic (exact) mass is 607 g/mol. The SMILES string of the molecule is CCCCC(CCCC)(CCCC)C(C)(OOC(C)(c1ccccc1)C(CCCC)(CCCC)CCCC)c1ccccc1. The van der Waals surface area contributed by atoms with E-state index in [4.69, 9.17) is 9.78 Å². The summed E-state index contributed by atoms with van der Waals surface area (Å²) in [6.07, 6.45) is 21.4. The van der Waals surface area contributed by atoms with Crippen molar-refractivity contribution < 1.29 is 9.78 Å². The molecule has 0 bridgehead atoms. The summed E-state index contributed by atoms with van der Waals surface area (Å²) in [6, 6.07) is 22.2. The van der Waals surface area contributed by atoms with Crippen molar-refractivity contribution in [1.82, 2.24) is 0 Å². The van der Waals surface area contributed by atoms with Gasteiger partial charge >= 0.3 is 0 Å². The van der Waals surface area contributed by atoms with Gasteiger partial charge < -0.3 is 0 Å². The molecule has 2 nitrogen and oxygen atoms in total. The Labute approximate surface area is 274 Å². The van der Waals surface area contributed by atoms with Gasteiger partial charge in [0.2, 0.25) is 0 Å². The van der Waals surface area contributed by atoms with E-state index >= 15 is 0 Å². The van der Waals surface area contributed by atoms with Crippen LogP contribution in [-0.2, 0) is 21.0 Å². The summed E-state index contributed by atoms with van der Waals surface area (Å²) < 4.78 is 0. The Morgan fingerprint density at radius 1 is 0.386 bits per heavy atom. The Balaban J connectivity index is 2.82. The lowest BCUT2D eigenvalue weighted by Crippen LogP contribution is -2.51. The van der Waals surface area contributed by atoms with Crippen molar-refractivity contribution in [3.8, 4) is 0 Å². The molecule has 0 aliphatic carbocycles. The summed E-state index contributed by atoms with van der Waals surface area (Å²) in [7, 11) is 0. The first-order chi connectivity index (χ1) is 21.3. The molecule has 0 aromatic heterocycles. The van der Waals surface area contributed by atoms with Crippen LogP contribution in [0.2, 0.25) is 0 Å². The Hall–Kier alpha value is -1.64. The Morgan fingerprint density at radius 2 is 0.614 bits per heavy atom. The Morgan fingerprint density at radius 3 is 0.818 bits per heavy atom. The van der Waals surface area contributed by atoms with Crippen LogP contribution in [0.4, 0.5) is 0 Å². The molecule has 0 fully saturated rings. The Kier molecular flexibility index (Phi) is 17.3. The third kappa shape index (κ3) is 9.45. The lowest BCUT2D eigenvalue weighted by Gasteiger charge is -2.53. The quantitative estimate of drug-likeness (QED) is 0.0826. The second-order valence-corrected chi connectivity index (χ2v) is 14.1. The lowest BCUT2D eigenvalue weighted by molar-refractivity contribution is -0.458. The maximum absolute atomic E-state index is 7.34. The molecular formula is C42H70O2. The molecule has 0 aliphatic rings. The summed E-state index contributed by atoms with van der Waals surface area (Å²) >= 11 is 0. The van der Waals surface area contributed by atoms with Crippen LogP contribution in [0.3, 0.4) is 0 Å². The van der Waals surface area contributed by atoms with Gasteiger partial charge in [-0.15, -0.1) is 0 Å². The van der Waals surface area contributed by atoms with Crippen LogP contribution in [0.5, 0.6) is 0 Å². The van der Waals surface area contributed by atoms with Crippen LogP contribution in [0.25, 0.3) is 0 Å². The van der Waals surface area contributed by atoms with Gasteiger partial charge in [0.25, 0.3) is 0 Å².